The quantitative estimate of drug-likeness (QED) is 0.854. The minimum absolute atomic E-state index is 0.479. The molecule has 17 heavy (non-hydrogen) atoms. The molecule has 0 atom stereocenters. The summed E-state index contributed by atoms with van der Waals surface area (Å²) in [5, 5.41) is 0. The number of nitrogen functional groups attached to an aromatic ring is 1. The summed E-state index contributed by atoms with van der Waals surface area (Å²) in [6.07, 6.45) is 8.41. The molecule has 4 nitrogen and oxygen atoms in total. The maximum atomic E-state index is 5.55. The van der Waals surface area contributed by atoms with Crippen LogP contribution in [0.3, 0.4) is 0 Å². The van der Waals surface area contributed by atoms with Gasteiger partial charge in [0.25, 0.3) is 0 Å². The topological polar surface area (TPSA) is 55.0 Å². The number of anilines is 2. The average Bonchev–Trinajstić information content (AvgIpc) is 2.29. The van der Waals surface area contributed by atoms with Crippen LogP contribution in [0.15, 0.2) is 12.4 Å². The molecule has 0 unspecified atom stereocenters. The van der Waals surface area contributed by atoms with E-state index in [1.54, 1.807) is 12.4 Å². The number of aromatic nitrogens is 2. The lowest BCUT2D eigenvalue weighted by Gasteiger charge is -2.38. The van der Waals surface area contributed by atoms with E-state index in [4.69, 9.17) is 5.73 Å². The minimum Gasteiger partial charge on any atom is -0.382 e. The molecule has 2 rings (SSSR count). The van der Waals surface area contributed by atoms with Crippen molar-refractivity contribution in [1.29, 1.82) is 0 Å². The molecule has 1 aromatic rings. The lowest BCUT2D eigenvalue weighted by molar-refractivity contribution is 0.222. The molecule has 1 aliphatic carbocycles. The Hall–Kier alpha value is -1.32. The highest BCUT2D eigenvalue weighted by atomic mass is 15.2. The molecule has 1 aliphatic rings. The standard InChI is InChI=1S/C13H22N4/c1-13(2)6-4-10(5-7-13)17(3)12-9-15-11(14)8-16-12/h8-10H,4-7H2,1-3H3,(H2,14,15). The van der Waals surface area contributed by atoms with Gasteiger partial charge in [0.15, 0.2) is 0 Å². The molecule has 4 heteroatoms. The normalized spacial score (nSPS) is 20.2. The molecule has 1 saturated carbocycles. The first kappa shape index (κ1) is 12.1. The highest BCUT2D eigenvalue weighted by Crippen LogP contribution is 2.37. The third kappa shape index (κ3) is 2.87. The zero-order valence-corrected chi connectivity index (χ0v) is 11.0. The van der Waals surface area contributed by atoms with Crippen LogP contribution in [0.25, 0.3) is 0 Å². The summed E-state index contributed by atoms with van der Waals surface area (Å²) in [7, 11) is 2.10. The molecule has 0 saturated heterocycles. The average molecular weight is 234 g/mol. The Bertz CT molecular complexity index is 362. The van der Waals surface area contributed by atoms with Crippen molar-refractivity contribution in [3.8, 4) is 0 Å². The van der Waals surface area contributed by atoms with Gasteiger partial charge in [-0.15, -0.1) is 0 Å². The van der Waals surface area contributed by atoms with Crippen LogP contribution in [0.4, 0.5) is 11.6 Å². The van der Waals surface area contributed by atoms with Gasteiger partial charge < -0.3 is 10.6 Å². The summed E-state index contributed by atoms with van der Waals surface area (Å²) in [4.78, 5) is 10.7. The summed E-state index contributed by atoms with van der Waals surface area (Å²) in [5.41, 5.74) is 6.05. The summed E-state index contributed by atoms with van der Waals surface area (Å²) < 4.78 is 0. The van der Waals surface area contributed by atoms with Crippen molar-refractivity contribution >= 4 is 11.6 Å². The smallest absolute Gasteiger partial charge is 0.147 e. The molecule has 0 aromatic carbocycles. The van der Waals surface area contributed by atoms with Crippen molar-refractivity contribution in [3.05, 3.63) is 12.4 Å². The van der Waals surface area contributed by atoms with Gasteiger partial charge in [0.2, 0.25) is 0 Å². The van der Waals surface area contributed by atoms with Crippen LogP contribution in [0.2, 0.25) is 0 Å². The van der Waals surface area contributed by atoms with E-state index in [2.05, 4.69) is 35.8 Å². The van der Waals surface area contributed by atoms with E-state index < -0.39 is 0 Å². The SMILES string of the molecule is CN(c1cnc(N)cn1)C1CCC(C)(C)CC1. The molecule has 0 radical (unpaired) electrons. The molecule has 94 valence electrons. The predicted octanol–water partition coefficient (Wildman–Crippen LogP) is 2.46. The van der Waals surface area contributed by atoms with Crippen LogP contribution in [0.5, 0.6) is 0 Å². The van der Waals surface area contributed by atoms with Crippen molar-refractivity contribution in [1.82, 2.24) is 9.97 Å². The Balaban J connectivity index is 2.01. The largest absolute Gasteiger partial charge is 0.382 e. The second kappa shape index (κ2) is 4.51. The van der Waals surface area contributed by atoms with E-state index in [1.165, 1.54) is 25.7 Å². The van der Waals surface area contributed by atoms with E-state index in [9.17, 15) is 0 Å². The highest BCUT2D eigenvalue weighted by Gasteiger charge is 2.29. The van der Waals surface area contributed by atoms with E-state index in [1.807, 2.05) is 0 Å². The van der Waals surface area contributed by atoms with Gasteiger partial charge in [0.05, 0.1) is 12.4 Å². The Morgan fingerprint density at radius 1 is 1.24 bits per heavy atom. The predicted molar refractivity (Wildman–Crippen MR) is 70.9 cm³/mol. The van der Waals surface area contributed by atoms with Crippen LogP contribution in [0.1, 0.15) is 39.5 Å². The molecular weight excluding hydrogens is 212 g/mol. The van der Waals surface area contributed by atoms with Crippen molar-refractivity contribution < 1.29 is 0 Å². The van der Waals surface area contributed by atoms with Crippen molar-refractivity contribution in [2.75, 3.05) is 17.7 Å². The van der Waals surface area contributed by atoms with Crippen molar-refractivity contribution in [2.24, 2.45) is 5.41 Å². The van der Waals surface area contributed by atoms with Gasteiger partial charge in [0, 0.05) is 13.1 Å². The van der Waals surface area contributed by atoms with E-state index >= 15 is 0 Å². The molecular formula is C13H22N4. The first-order chi connectivity index (χ1) is 7.98. The molecule has 0 amide bonds. The van der Waals surface area contributed by atoms with Gasteiger partial charge >= 0.3 is 0 Å². The summed E-state index contributed by atoms with van der Waals surface area (Å²) >= 11 is 0. The first-order valence-corrected chi connectivity index (χ1v) is 6.28. The number of hydrogen-bond donors (Lipinski definition) is 1. The van der Waals surface area contributed by atoms with E-state index in [0.717, 1.165) is 5.82 Å². The van der Waals surface area contributed by atoms with Crippen molar-refractivity contribution in [3.63, 3.8) is 0 Å². The molecule has 2 N–H and O–H groups in total. The highest BCUT2D eigenvalue weighted by molar-refractivity contribution is 5.39. The molecule has 1 heterocycles. The van der Waals surface area contributed by atoms with Crippen molar-refractivity contribution in [2.45, 2.75) is 45.6 Å². The summed E-state index contributed by atoms with van der Waals surface area (Å²) in [6.45, 7) is 4.71. The maximum Gasteiger partial charge on any atom is 0.147 e. The van der Waals surface area contributed by atoms with Gasteiger partial charge in [-0.1, -0.05) is 13.8 Å². The molecule has 0 spiro atoms. The van der Waals surface area contributed by atoms with Gasteiger partial charge in [0.1, 0.15) is 11.6 Å². The second-order valence-corrected chi connectivity index (χ2v) is 5.81. The minimum atomic E-state index is 0.479. The van der Waals surface area contributed by atoms with Gasteiger partial charge in [-0.25, -0.2) is 9.97 Å². The fourth-order valence-corrected chi connectivity index (χ4v) is 2.47. The fourth-order valence-electron chi connectivity index (χ4n) is 2.47. The lowest BCUT2D eigenvalue weighted by atomic mass is 9.75. The van der Waals surface area contributed by atoms with E-state index in [-0.39, 0.29) is 0 Å². The van der Waals surface area contributed by atoms with Crippen LogP contribution >= 0.6 is 0 Å². The zero-order chi connectivity index (χ0) is 12.5. The molecule has 1 fully saturated rings. The molecule has 0 aliphatic heterocycles. The number of nitrogens with two attached hydrogens (primary N) is 1. The first-order valence-electron chi connectivity index (χ1n) is 6.28. The molecule has 1 aromatic heterocycles. The van der Waals surface area contributed by atoms with Crippen LogP contribution < -0.4 is 10.6 Å². The number of hydrogen-bond acceptors (Lipinski definition) is 4. The summed E-state index contributed by atoms with van der Waals surface area (Å²) in [6, 6.07) is 0.584. The third-order valence-corrected chi connectivity index (χ3v) is 3.88. The Labute approximate surface area is 103 Å². The number of rotatable bonds is 2. The Morgan fingerprint density at radius 3 is 2.41 bits per heavy atom. The van der Waals surface area contributed by atoms with Gasteiger partial charge in [-0.3, -0.25) is 0 Å². The van der Waals surface area contributed by atoms with Crippen LogP contribution in [-0.2, 0) is 0 Å². The maximum absolute atomic E-state index is 5.55. The van der Waals surface area contributed by atoms with E-state index in [0.29, 0.717) is 17.3 Å². The Kier molecular flexibility index (Phi) is 3.22. The monoisotopic (exact) mass is 234 g/mol. The zero-order valence-electron chi connectivity index (χ0n) is 11.0. The second-order valence-electron chi connectivity index (χ2n) is 5.81. The van der Waals surface area contributed by atoms with Crippen LogP contribution in [0, 0.1) is 5.41 Å². The van der Waals surface area contributed by atoms with Gasteiger partial charge in [-0.05, 0) is 31.1 Å². The molecule has 0 bridgehead atoms. The third-order valence-electron chi connectivity index (χ3n) is 3.88. The van der Waals surface area contributed by atoms with Crippen LogP contribution in [-0.4, -0.2) is 23.1 Å². The fraction of sp³-hybridized carbons (Fsp3) is 0.692. The lowest BCUT2D eigenvalue weighted by Crippen LogP contribution is -2.37. The summed E-state index contributed by atoms with van der Waals surface area (Å²) in [5.74, 6) is 1.40. The Morgan fingerprint density at radius 2 is 1.88 bits per heavy atom. The van der Waals surface area contributed by atoms with Gasteiger partial charge in [-0.2, -0.15) is 0 Å². The number of nitrogens with zero attached hydrogens (tertiary/aromatic N) is 3.